The second kappa shape index (κ2) is 8.51. The number of halogens is 1. The number of amides is 1. The zero-order chi connectivity index (χ0) is 27.0. The van der Waals surface area contributed by atoms with Crippen molar-refractivity contribution in [1.29, 1.82) is 0 Å². The second-order valence-corrected chi connectivity index (χ2v) is 10.8. The first kappa shape index (κ1) is 25.1. The Morgan fingerprint density at radius 1 is 1.19 bits per heavy atom. The minimum Gasteiger partial charge on any atom is -0.508 e. The van der Waals surface area contributed by atoms with E-state index >= 15 is 0 Å². The Hall–Kier alpha value is -3.54. The molecule has 5 rings (SSSR count). The lowest BCUT2D eigenvalue weighted by Gasteiger charge is -2.50. The van der Waals surface area contributed by atoms with Gasteiger partial charge in [0.1, 0.15) is 22.8 Å². The van der Waals surface area contributed by atoms with Crippen molar-refractivity contribution in [2.45, 2.75) is 24.5 Å². The molecule has 2 aromatic rings. The Balaban J connectivity index is 1.75. The van der Waals surface area contributed by atoms with Gasteiger partial charge in [0.25, 0.3) is 5.91 Å². The Morgan fingerprint density at radius 2 is 1.89 bits per heavy atom. The van der Waals surface area contributed by atoms with Crippen molar-refractivity contribution in [2.75, 3.05) is 14.1 Å². The van der Waals surface area contributed by atoms with Gasteiger partial charge in [-0.1, -0.05) is 6.07 Å². The molecule has 10 nitrogen and oxygen atoms in total. The van der Waals surface area contributed by atoms with Crippen LogP contribution in [-0.4, -0.2) is 73.5 Å². The van der Waals surface area contributed by atoms with Gasteiger partial charge < -0.3 is 26.2 Å². The molecule has 0 spiro atoms. The summed E-state index contributed by atoms with van der Waals surface area (Å²) >= 11 is 3.39. The molecule has 0 aliphatic heterocycles. The Bertz CT molecular complexity index is 1460. The lowest BCUT2D eigenvalue weighted by molar-refractivity contribution is -0.153. The number of phenols is 1. The number of hydrogen-bond acceptors (Lipinski definition) is 9. The molecule has 0 bridgehead atoms. The normalized spacial score (nSPS) is 27.2. The van der Waals surface area contributed by atoms with Gasteiger partial charge in [-0.15, -0.1) is 0 Å². The minimum atomic E-state index is -2.66. The molecule has 1 fully saturated rings. The van der Waals surface area contributed by atoms with E-state index in [0.29, 0.717) is 16.7 Å². The van der Waals surface area contributed by atoms with E-state index in [1.807, 2.05) is 6.07 Å². The summed E-state index contributed by atoms with van der Waals surface area (Å²) in [6.45, 7) is 0. The second-order valence-electron chi connectivity index (χ2n) is 9.84. The van der Waals surface area contributed by atoms with Crippen LogP contribution in [0.2, 0.25) is 0 Å². The van der Waals surface area contributed by atoms with Crippen LogP contribution in [0.1, 0.15) is 17.5 Å². The molecule has 3 aliphatic rings. The van der Waals surface area contributed by atoms with Gasteiger partial charge in [0.15, 0.2) is 11.4 Å². The molecule has 0 saturated heterocycles. The van der Waals surface area contributed by atoms with Crippen LogP contribution >= 0.6 is 15.9 Å². The number of likely N-dealkylation sites (N-methyl/N-ethyl adjacent to an activating group) is 1. The number of primary amides is 1. The molecular formula is C26H24BrN3O7. The maximum Gasteiger partial charge on any atom is 0.255 e. The largest absolute Gasteiger partial charge is 0.508 e. The zero-order valence-corrected chi connectivity index (χ0v) is 21.5. The molecule has 37 heavy (non-hydrogen) atoms. The molecule has 1 amide bonds. The van der Waals surface area contributed by atoms with Crippen LogP contribution in [0.5, 0.6) is 5.75 Å². The number of ketones is 2. The summed E-state index contributed by atoms with van der Waals surface area (Å²) in [5.41, 5.74) is 3.66. The van der Waals surface area contributed by atoms with Gasteiger partial charge in [0.05, 0.1) is 11.6 Å². The number of phenolic OH excluding ortho intramolecular Hbond substituents is 1. The SMILES string of the molecule is CN(C)[C@H]1C(=O)C(C(N)=O)=C(O)[C@]2(O)C(=O)C3=C(O)c4c(O)ccc(-c5cncc(Br)c5)c4C[C@@H]3C[C@H]12. The third-order valence-electron chi connectivity index (χ3n) is 7.62. The number of aliphatic hydroxyl groups is 3. The van der Waals surface area contributed by atoms with E-state index in [-0.39, 0.29) is 29.7 Å². The topological polar surface area (TPSA) is 174 Å². The Morgan fingerprint density at radius 3 is 2.51 bits per heavy atom. The summed E-state index contributed by atoms with van der Waals surface area (Å²) in [4.78, 5) is 44.7. The van der Waals surface area contributed by atoms with Gasteiger partial charge in [-0.05, 0) is 72.0 Å². The lowest BCUT2D eigenvalue weighted by atomic mass is 9.57. The lowest BCUT2D eigenvalue weighted by Crippen LogP contribution is -2.65. The number of nitrogens with two attached hydrogens (primary N) is 1. The predicted octanol–water partition coefficient (Wildman–Crippen LogP) is 1.79. The molecule has 1 aromatic heterocycles. The molecule has 6 N–H and O–H groups in total. The highest BCUT2D eigenvalue weighted by Crippen LogP contribution is 2.53. The maximum absolute atomic E-state index is 13.9. The van der Waals surface area contributed by atoms with Gasteiger partial charge in [0, 0.05) is 33.9 Å². The van der Waals surface area contributed by atoms with Crippen LogP contribution in [0.15, 0.2) is 52.0 Å². The maximum atomic E-state index is 13.9. The number of nitrogens with zero attached hydrogens (tertiary/aromatic N) is 2. The van der Waals surface area contributed by atoms with Gasteiger partial charge in [0.2, 0.25) is 5.78 Å². The van der Waals surface area contributed by atoms with Crippen molar-refractivity contribution >= 4 is 39.2 Å². The quantitative estimate of drug-likeness (QED) is 0.345. The summed E-state index contributed by atoms with van der Waals surface area (Å²) in [6.07, 6.45) is 3.48. The highest BCUT2D eigenvalue weighted by Gasteiger charge is 2.64. The van der Waals surface area contributed by atoms with Crippen molar-refractivity contribution in [3.8, 4) is 16.9 Å². The molecule has 0 unspecified atom stereocenters. The number of rotatable bonds is 3. The fraction of sp³-hybridized carbons (Fsp3) is 0.308. The number of hydrogen-bond donors (Lipinski definition) is 5. The molecule has 11 heteroatoms. The van der Waals surface area contributed by atoms with Gasteiger partial charge in [-0.2, -0.15) is 0 Å². The number of aromatic nitrogens is 1. The zero-order valence-electron chi connectivity index (χ0n) is 19.9. The van der Waals surface area contributed by atoms with Gasteiger partial charge in [-0.3, -0.25) is 24.3 Å². The number of Topliss-reactive ketones (excluding diaryl/α,β-unsaturated/α-hetero) is 2. The number of aliphatic hydroxyl groups excluding tert-OH is 2. The highest BCUT2D eigenvalue weighted by atomic mass is 79.9. The predicted molar refractivity (Wildman–Crippen MR) is 135 cm³/mol. The number of aromatic hydroxyl groups is 1. The number of fused-ring (bicyclic) bond motifs is 3. The third-order valence-corrected chi connectivity index (χ3v) is 8.05. The molecule has 4 atom stereocenters. The van der Waals surface area contributed by atoms with Crippen LogP contribution < -0.4 is 5.73 Å². The molecular weight excluding hydrogens is 546 g/mol. The van der Waals surface area contributed by atoms with E-state index in [2.05, 4.69) is 20.9 Å². The van der Waals surface area contributed by atoms with Gasteiger partial charge >= 0.3 is 0 Å². The van der Waals surface area contributed by atoms with Crippen molar-refractivity contribution in [1.82, 2.24) is 9.88 Å². The van der Waals surface area contributed by atoms with E-state index < -0.39 is 58.0 Å². The smallest absolute Gasteiger partial charge is 0.255 e. The fourth-order valence-electron chi connectivity index (χ4n) is 6.07. The summed E-state index contributed by atoms with van der Waals surface area (Å²) in [6, 6.07) is 3.78. The number of carbonyl (C=O) groups excluding carboxylic acids is 3. The number of benzene rings is 1. The van der Waals surface area contributed by atoms with E-state index in [0.717, 1.165) is 4.47 Å². The van der Waals surface area contributed by atoms with E-state index in [1.54, 1.807) is 32.6 Å². The summed E-state index contributed by atoms with van der Waals surface area (Å²) < 4.78 is 0.725. The first-order valence-corrected chi connectivity index (χ1v) is 12.3. The standard InChI is InChI=1S/C26H24BrN3O7/c1-30(2)20-15-7-10-6-14-13(11-5-12(27)9-29-8-11)3-4-16(31)18(14)21(32)17(10)23(34)26(15,37)24(35)19(22(20)33)25(28)36/h3-5,8-10,15,20,31-32,35,37H,6-7H2,1-2H3,(H2,28,36)/t10-,15-,20-,26-/m1/s1. The van der Waals surface area contributed by atoms with Crippen LogP contribution in [0.4, 0.5) is 0 Å². The van der Waals surface area contributed by atoms with Crippen LogP contribution in [0.3, 0.4) is 0 Å². The van der Waals surface area contributed by atoms with E-state index in [1.165, 1.54) is 11.0 Å². The van der Waals surface area contributed by atoms with Crippen LogP contribution in [-0.2, 0) is 20.8 Å². The van der Waals surface area contributed by atoms with Crippen LogP contribution in [0.25, 0.3) is 16.9 Å². The number of pyridine rings is 1. The molecule has 3 aliphatic carbocycles. The van der Waals surface area contributed by atoms with Gasteiger partial charge in [-0.25, -0.2) is 0 Å². The van der Waals surface area contributed by atoms with Crippen molar-refractivity contribution < 1.29 is 34.8 Å². The van der Waals surface area contributed by atoms with Crippen molar-refractivity contribution in [2.24, 2.45) is 17.6 Å². The fourth-order valence-corrected chi connectivity index (χ4v) is 6.44. The van der Waals surface area contributed by atoms with E-state index in [9.17, 15) is 34.8 Å². The minimum absolute atomic E-state index is 0.0254. The average molecular weight is 570 g/mol. The molecule has 1 saturated carbocycles. The molecule has 1 heterocycles. The molecule has 192 valence electrons. The van der Waals surface area contributed by atoms with E-state index in [4.69, 9.17) is 5.73 Å². The number of carbonyl (C=O) groups is 3. The van der Waals surface area contributed by atoms with Crippen LogP contribution in [0, 0.1) is 11.8 Å². The first-order valence-electron chi connectivity index (χ1n) is 11.5. The molecule has 1 aromatic carbocycles. The van der Waals surface area contributed by atoms with Crippen molar-refractivity contribution in [3.05, 3.63) is 63.1 Å². The third kappa shape index (κ3) is 3.45. The summed E-state index contributed by atoms with van der Waals surface area (Å²) in [5.74, 6) is -6.78. The monoisotopic (exact) mass is 569 g/mol. The molecule has 0 radical (unpaired) electrons. The first-order chi connectivity index (χ1) is 17.4. The Kier molecular flexibility index (Phi) is 5.78. The summed E-state index contributed by atoms with van der Waals surface area (Å²) in [7, 11) is 3.12. The Labute approximate surface area is 219 Å². The average Bonchev–Trinajstić information content (AvgIpc) is 2.81. The van der Waals surface area contributed by atoms with Crippen molar-refractivity contribution in [3.63, 3.8) is 0 Å². The summed E-state index contributed by atoms with van der Waals surface area (Å²) in [5, 5.41) is 44.5. The highest BCUT2D eigenvalue weighted by molar-refractivity contribution is 9.10.